The van der Waals surface area contributed by atoms with E-state index in [1.165, 1.54) is 4.90 Å². The first-order chi connectivity index (χ1) is 9.69. The molecule has 1 aliphatic heterocycles. The summed E-state index contributed by atoms with van der Waals surface area (Å²) in [6.07, 6.45) is 2.13. The standard InChI is InChI=1S/C13H19F3N2O2S/c1-3-9-10(19)17-12(2,8-4-5-8)11(20)18(9)6-7-21-13(14,15)16/h8-9H,3-7H2,1-2H3,(H,17,19). The number of amides is 2. The summed E-state index contributed by atoms with van der Waals surface area (Å²) in [6, 6.07) is -0.668. The fourth-order valence-corrected chi connectivity index (χ4v) is 3.35. The molecule has 1 N–H and O–H groups in total. The average Bonchev–Trinajstić information content (AvgIpc) is 3.18. The summed E-state index contributed by atoms with van der Waals surface area (Å²) in [5, 5.41) is 2.78. The number of piperazine rings is 1. The molecule has 0 aromatic rings. The van der Waals surface area contributed by atoms with Crippen LogP contribution in [-0.4, -0.2) is 46.1 Å². The van der Waals surface area contributed by atoms with Crippen LogP contribution in [-0.2, 0) is 9.59 Å². The number of alkyl halides is 3. The Labute approximate surface area is 125 Å². The molecule has 0 bridgehead atoms. The van der Waals surface area contributed by atoms with Gasteiger partial charge in [-0.1, -0.05) is 6.92 Å². The van der Waals surface area contributed by atoms with Gasteiger partial charge in [0, 0.05) is 12.3 Å². The van der Waals surface area contributed by atoms with Gasteiger partial charge in [-0.2, -0.15) is 13.2 Å². The first-order valence-corrected chi connectivity index (χ1v) is 8.01. The van der Waals surface area contributed by atoms with E-state index in [1.807, 2.05) is 0 Å². The molecular formula is C13H19F3N2O2S. The Morgan fingerprint density at radius 3 is 2.48 bits per heavy atom. The average molecular weight is 324 g/mol. The topological polar surface area (TPSA) is 49.4 Å². The summed E-state index contributed by atoms with van der Waals surface area (Å²) in [7, 11) is 0. The van der Waals surface area contributed by atoms with Crippen molar-refractivity contribution in [1.82, 2.24) is 10.2 Å². The van der Waals surface area contributed by atoms with E-state index >= 15 is 0 Å². The smallest absolute Gasteiger partial charge is 0.340 e. The van der Waals surface area contributed by atoms with Crippen molar-refractivity contribution in [1.29, 1.82) is 0 Å². The molecule has 0 aromatic heterocycles. The summed E-state index contributed by atoms with van der Waals surface area (Å²) >= 11 is -0.158. The number of thioether (sulfide) groups is 1. The fraction of sp³-hybridized carbons (Fsp3) is 0.846. The molecule has 1 saturated carbocycles. The zero-order chi connectivity index (χ0) is 15.8. The molecule has 8 heteroatoms. The molecule has 4 nitrogen and oxygen atoms in total. The van der Waals surface area contributed by atoms with Crippen LogP contribution < -0.4 is 5.32 Å². The van der Waals surface area contributed by atoms with Gasteiger partial charge in [-0.3, -0.25) is 9.59 Å². The minimum absolute atomic E-state index is 0.0583. The Kier molecular flexibility index (Phi) is 4.46. The van der Waals surface area contributed by atoms with Crippen molar-refractivity contribution in [3.05, 3.63) is 0 Å². The zero-order valence-corrected chi connectivity index (χ0v) is 12.8. The first kappa shape index (κ1) is 16.5. The minimum atomic E-state index is -4.32. The lowest BCUT2D eigenvalue weighted by molar-refractivity contribution is -0.155. The van der Waals surface area contributed by atoms with E-state index < -0.39 is 17.1 Å². The van der Waals surface area contributed by atoms with E-state index in [1.54, 1.807) is 13.8 Å². The quantitative estimate of drug-likeness (QED) is 0.843. The van der Waals surface area contributed by atoms with Crippen LogP contribution in [0.2, 0.25) is 0 Å². The third-order valence-corrected chi connectivity index (χ3v) is 4.86. The minimum Gasteiger partial charge on any atom is -0.340 e. The molecule has 2 unspecified atom stereocenters. The Balaban J connectivity index is 2.09. The predicted molar refractivity (Wildman–Crippen MR) is 73.6 cm³/mol. The second-order valence-electron chi connectivity index (χ2n) is 5.68. The molecule has 2 amide bonds. The lowest BCUT2D eigenvalue weighted by atomic mass is 9.89. The molecule has 2 rings (SSSR count). The van der Waals surface area contributed by atoms with Crippen LogP contribution in [0.4, 0.5) is 13.2 Å². The lowest BCUT2D eigenvalue weighted by Gasteiger charge is -2.44. The van der Waals surface area contributed by atoms with Gasteiger partial charge in [-0.25, -0.2) is 0 Å². The molecule has 0 radical (unpaired) electrons. The maximum atomic E-state index is 12.6. The van der Waals surface area contributed by atoms with Gasteiger partial charge in [0.15, 0.2) is 0 Å². The highest BCUT2D eigenvalue weighted by Crippen LogP contribution is 2.42. The van der Waals surface area contributed by atoms with Crippen molar-refractivity contribution < 1.29 is 22.8 Å². The highest BCUT2D eigenvalue weighted by Gasteiger charge is 2.54. The summed E-state index contributed by atoms with van der Waals surface area (Å²) < 4.78 is 36.7. The number of hydrogen-bond acceptors (Lipinski definition) is 3. The van der Waals surface area contributed by atoms with Gasteiger partial charge in [0.2, 0.25) is 11.8 Å². The van der Waals surface area contributed by atoms with Crippen LogP contribution in [0, 0.1) is 5.92 Å². The highest BCUT2D eigenvalue weighted by molar-refractivity contribution is 8.00. The third kappa shape index (κ3) is 3.46. The molecule has 2 atom stereocenters. The lowest BCUT2D eigenvalue weighted by Crippen LogP contribution is -2.70. The van der Waals surface area contributed by atoms with Gasteiger partial charge in [0.05, 0.1) is 0 Å². The number of nitrogens with one attached hydrogen (secondary N) is 1. The molecule has 1 aliphatic carbocycles. The molecule has 2 fully saturated rings. The van der Waals surface area contributed by atoms with Crippen LogP contribution in [0.1, 0.15) is 33.1 Å². The van der Waals surface area contributed by atoms with Crippen LogP contribution >= 0.6 is 11.8 Å². The largest absolute Gasteiger partial charge is 0.441 e. The van der Waals surface area contributed by atoms with Crippen molar-refractivity contribution >= 4 is 23.6 Å². The molecule has 0 spiro atoms. The second kappa shape index (κ2) is 5.70. The van der Waals surface area contributed by atoms with Gasteiger partial charge in [-0.15, -0.1) is 0 Å². The maximum absolute atomic E-state index is 12.6. The monoisotopic (exact) mass is 324 g/mol. The molecule has 1 heterocycles. The van der Waals surface area contributed by atoms with Crippen molar-refractivity contribution in [3.8, 4) is 0 Å². The van der Waals surface area contributed by atoms with E-state index in [0.717, 1.165) is 12.8 Å². The van der Waals surface area contributed by atoms with Crippen LogP contribution in [0.3, 0.4) is 0 Å². The van der Waals surface area contributed by atoms with Crippen LogP contribution in [0.15, 0.2) is 0 Å². The van der Waals surface area contributed by atoms with Gasteiger partial charge in [-0.05, 0) is 43.9 Å². The number of nitrogens with zero attached hydrogens (tertiary/aromatic N) is 1. The van der Waals surface area contributed by atoms with Crippen molar-refractivity contribution in [3.63, 3.8) is 0 Å². The van der Waals surface area contributed by atoms with Crippen LogP contribution in [0.25, 0.3) is 0 Å². The molecule has 21 heavy (non-hydrogen) atoms. The predicted octanol–water partition coefficient (Wildman–Crippen LogP) is 2.15. The van der Waals surface area contributed by atoms with Gasteiger partial charge < -0.3 is 10.2 Å². The fourth-order valence-electron chi connectivity index (χ4n) is 2.83. The summed E-state index contributed by atoms with van der Waals surface area (Å²) in [5.41, 5.74) is -5.27. The summed E-state index contributed by atoms with van der Waals surface area (Å²) in [4.78, 5) is 26.1. The molecule has 2 aliphatic rings. The Morgan fingerprint density at radius 2 is 2.00 bits per heavy atom. The molecule has 120 valence electrons. The van der Waals surface area contributed by atoms with Crippen molar-refractivity contribution in [2.45, 2.75) is 50.2 Å². The number of rotatable bonds is 5. The number of hydrogen-bond donors (Lipinski definition) is 1. The maximum Gasteiger partial charge on any atom is 0.441 e. The summed E-state index contributed by atoms with van der Waals surface area (Å²) in [6.45, 7) is 3.37. The first-order valence-electron chi connectivity index (χ1n) is 7.03. The van der Waals surface area contributed by atoms with Crippen LogP contribution in [0.5, 0.6) is 0 Å². The van der Waals surface area contributed by atoms with Crippen molar-refractivity contribution in [2.24, 2.45) is 5.92 Å². The van der Waals surface area contributed by atoms with E-state index in [4.69, 9.17) is 0 Å². The number of carbonyl (C=O) groups is 2. The third-order valence-electron chi connectivity index (χ3n) is 4.15. The van der Waals surface area contributed by atoms with Gasteiger partial charge in [0.1, 0.15) is 11.6 Å². The second-order valence-corrected chi connectivity index (χ2v) is 6.84. The van der Waals surface area contributed by atoms with E-state index in [-0.39, 0.29) is 41.8 Å². The molecular weight excluding hydrogens is 305 g/mol. The van der Waals surface area contributed by atoms with Gasteiger partial charge in [0.25, 0.3) is 0 Å². The van der Waals surface area contributed by atoms with E-state index in [2.05, 4.69) is 5.32 Å². The normalized spacial score (nSPS) is 30.5. The van der Waals surface area contributed by atoms with E-state index in [9.17, 15) is 22.8 Å². The zero-order valence-electron chi connectivity index (χ0n) is 12.0. The number of halogens is 3. The SMILES string of the molecule is CCC1C(=O)NC(C)(C2CC2)C(=O)N1CCSC(F)(F)F. The molecule has 0 aromatic carbocycles. The highest BCUT2D eigenvalue weighted by atomic mass is 32.2. The Morgan fingerprint density at radius 1 is 1.38 bits per heavy atom. The van der Waals surface area contributed by atoms with Gasteiger partial charge >= 0.3 is 5.51 Å². The Hall–Kier alpha value is -0.920. The summed E-state index contributed by atoms with van der Waals surface area (Å²) in [5.74, 6) is -0.660. The number of carbonyl (C=O) groups excluding carboxylic acids is 2. The molecule has 1 saturated heterocycles. The van der Waals surface area contributed by atoms with E-state index in [0.29, 0.717) is 6.42 Å². The Bertz CT molecular complexity index is 440. The van der Waals surface area contributed by atoms with Crippen molar-refractivity contribution in [2.75, 3.05) is 12.3 Å².